The molecule has 0 aromatic heterocycles. The molecule has 0 saturated carbocycles. The van der Waals surface area contributed by atoms with Gasteiger partial charge in [-0.05, 0) is 41.5 Å². The van der Waals surface area contributed by atoms with Crippen LogP contribution in [-0.2, 0) is 16.0 Å². The summed E-state index contributed by atoms with van der Waals surface area (Å²) < 4.78 is 18.8. The summed E-state index contributed by atoms with van der Waals surface area (Å²) in [6.07, 6.45) is 2.32. The van der Waals surface area contributed by atoms with Crippen molar-refractivity contribution in [3.05, 3.63) is 75.0 Å². The van der Waals surface area contributed by atoms with Gasteiger partial charge in [0.15, 0.2) is 0 Å². The third-order valence-electron chi connectivity index (χ3n) is 3.18. The molecule has 0 aliphatic heterocycles. The average molecular weight is 442 g/mol. The predicted octanol–water partition coefficient (Wildman–Crippen LogP) is 4.25. The second kappa shape index (κ2) is 9.94. The van der Waals surface area contributed by atoms with Crippen molar-refractivity contribution in [2.45, 2.75) is 6.42 Å². The Morgan fingerprint density at radius 3 is 2.73 bits per heavy atom. The molecule has 0 aliphatic carbocycles. The number of benzene rings is 2. The van der Waals surface area contributed by atoms with Gasteiger partial charge in [0, 0.05) is 17.0 Å². The van der Waals surface area contributed by atoms with Crippen molar-refractivity contribution in [2.24, 2.45) is 0 Å². The summed E-state index contributed by atoms with van der Waals surface area (Å²) in [4.78, 5) is 23.2. The number of carbonyl (C=O) groups is 2. The summed E-state index contributed by atoms with van der Waals surface area (Å²) in [5.41, 5.74) is 5.77. The van der Waals surface area contributed by atoms with Crippen LogP contribution in [0.1, 0.15) is 11.1 Å². The molecule has 8 heteroatoms. The highest BCUT2D eigenvalue weighted by molar-refractivity contribution is 9.10. The molecule has 0 aliphatic rings. The molecule has 0 saturated heterocycles. The van der Waals surface area contributed by atoms with Crippen molar-refractivity contribution in [3.8, 4) is 0 Å². The first kappa shape index (κ1) is 19.9. The van der Waals surface area contributed by atoms with Crippen molar-refractivity contribution in [2.75, 3.05) is 6.61 Å². The van der Waals surface area contributed by atoms with Crippen LogP contribution in [0, 0.1) is 5.82 Å². The summed E-state index contributed by atoms with van der Waals surface area (Å²) in [5.74, 6) is -1.06. The van der Waals surface area contributed by atoms with Crippen LogP contribution in [0.3, 0.4) is 0 Å². The molecule has 0 spiro atoms. The van der Waals surface area contributed by atoms with E-state index in [0.29, 0.717) is 12.0 Å². The molecule has 2 rings (SSSR count). The van der Waals surface area contributed by atoms with Gasteiger partial charge in [-0.25, -0.2) is 14.6 Å². The van der Waals surface area contributed by atoms with Gasteiger partial charge in [-0.1, -0.05) is 45.7 Å². The lowest BCUT2D eigenvalue weighted by molar-refractivity contribution is -0.117. The summed E-state index contributed by atoms with van der Waals surface area (Å²) in [5, 5.41) is 0.175. The number of nitrogens with one attached hydrogen (secondary N) is 2. The number of amides is 2. The maximum Gasteiger partial charge on any atom is 0.426 e. The fraction of sp³-hybridized carbons (Fsp3) is 0.111. The Hall–Kier alpha value is -2.38. The number of carbonyl (C=O) groups excluding carboxylic acids is 2. The Morgan fingerprint density at radius 1 is 1.19 bits per heavy atom. The first-order chi connectivity index (χ1) is 12.4. The zero-order valence-electron chi connectivity index (χ0n) is 13.5. The van der Waals surface area contributed by atoms with Crippen LogP contribution >= 0.6 is 27.5 Å². The predicted molar refractivity (Wildman–Crippen MR) is 101 cm³/mol. The van der Waals surface area contributed by atoms with E-state index in [1.807, 2.05) is 24.3 Å². The smallest absolute Gasteiger partial charge is 0.426 e. The second-order valence-electron chi connectivity index (χ2n) is 5.13. The zero-order chi connectivity index (χ0) is 18.9. The second-order valence-corrected chi connectivity index (χ2v) is 6.45. The average Bonchev–Trinajstić information content (AvgIpc) is 2.59. The van der Waals surface area contributed by atoms with Gasteiger partial charge in [0.25, 0.3) is 5.91 Å². The van der Waals surface area contributed by atoms with Gasteiger partial charge in [0.05, 0.1) is 11.6 Å². The molecule has 136 valence electrons. The van der Waals surface area contributed by atoms with Gasteiger partial charge in [0.2, 0.25) is 0 Å². The molecule has 5 nitrogen and oxygen atoms in total. The molecule has 0 bridgehead atoms. The van der Waals surface area contributed by atoms with Gasteiger partial charge >= 0.3 is 6.09 Å². The Balaban J connectivity index is 1.71. The molecule has 0 heterocycles. The third kappa shape index (κ3) is 6.85. The Morgan fingerprint density at radius 2 is 2.00 bits per heavy atom. The highest BCUT2D eigenvalue weighted by Crippen LogP contribution is 2.18. The number of halogens is 3. The quantitative estimate of drug-likeness (QED) is 0.538. The summed E-state index contributed by atoms with van der Waals surface area (Å²) >= 11 is 9.20. The first-order valence-corrected chi connectivity index (χ1v) is 8.71. The lowest BCUT2D eigenvalue weighted by Crippen LogP contribution is -2.41. The van der Waals surface area contributed by atoms with Crippen LogP contribution in [0.5, 0.6) is 0 Å². The van der Waals surface area contributed by atoms with Crippen molar-refractivity contribution >= 4 is 45.6 Å². The standard InChI is InChI=1S/C18H15BrClFN2O3/c19-14-3-1-2-12(10-14)8-9-26-18(25)23-22-17(24)7-5-13-4-6-15(21)11-16(13)20/h1-7,10-11H,8-9H2,(H,22,24)(H,23,25)/b7-5+. The van der Waals surface area contributed by atoms with Gasteiger partial charge in [-0.15, -0.1) is 0 Å². The number of hydrazine groups is 1. The summed E-state index contributed by atoms with van der Waals surface area (Å²) in [7, 11) is 0. The van der Waals surface area contributed by atoms with Crippen molar-refractivity contribution in [1.29, 1.82) is 0 Å². The van der Waals surface area contributed by atoms with E-state index in [-0.39, 0.29) is 11.6 Å². The van der Waals surface area contributed by atoms with Crippen LogP contribution in [0.25, 0.3) is 6.08 Å². The zero-order valence-corrected chi connectivity index (χ0v) is 15.8. The van der Waals surface area contributed by atoms with E-state index < -0.39 is 17.8 Å². The molecule has 2 aromatic carbocycles. The topological polar surface area (TPSA) is 67.4 Å². The molecule has 26 heavy (non-hydrogen) atoms. The molecule has 2 N–H and O–H groups in total. The van der Waals surface area contributed by atoms with Gasteiger partial charge in [-0.3, -0.25) is 10.2 Å². The van der Waals surface area contributed by atoms with Crippen LogP contribution in [0.15, 0.2) is 53.0 Å². The SMILES string of the molecule is O=C(/C=C/c1ccc(F)cc1Cl)NNC(=O)OCCc1cccc(Br)c1. The normalized spacial score (nSPS) is 10.6. The lowest BCUT2D eigenvalue weighted by atomic mass is 10.2. The van der Waals surface area contributed by atoms with E-state index in [1.54, 1.807) is 0 Å². The monoisotopic (exact) mass is 440 g/mol. The number of rotatable bonds is 5. The number of ether oxygens (including phenoxy) is 1. The minimum absolute atomic E-state index is 0.166. The van der Waals surface area contributed by atoms with Gasteiger partial charge in [-0.2, -0.15) is 0 Å². The Labute approximate surface area is 163 Å². The van der Waals surface area contributed by atoms with Crippen molar-refractivity contribution in [3.63, 3.8) is 0 Å². The van der Waals surface area contributed by atoms with Crippen molar-refractivity contribution < 1.29 is 18.7 Å². The fourth-order valence-electron chi connectivity index (χ4n) is 1.95. The summed E-state index contributed by atoms with van der Waals surface area (Å²) in [6.45, 7) is 0.166. The number of hydrogen-bond acceptors (Lipinski definition) is 3. The molecule has 0 radical (unpaired) electrons. The van der Waals surface area contributed by atoms with E-state index in [0.717, 1.165) is 22.2 Å². The van der Waals surface area contributed by atoms with Crippen LogP contribution in [-0.4, -0.2) is 18.6 Å². The van der Waals surface area contributed by atoms with Crippen LogP contribution < -0.4 is 10.9 Å². The highest BCUT2D eigenvalue weighted by Gasteiger charge is 2.04. The maximum atomic E-state index is 12.9. The van der Waals surface area contributed by atoms with E-state index >= 15 is 0 Å². The number of hydrogen-bond donors (Lipinski definition) is 2. The Kier molecular flexibility index (Phi) is 7.62. The van der Waals surface area contributed by atoms with E-state index in [1.165, 1.54) is 18.2 Å². The third-order valence-corrected chi connectivity index (χ3v) is 4.00. The molecular formula is C18H15BrClFN2O3. The van der Waals surface area contributed by atoms with Crippen LogP contribution in [0.2, 0.25) is 5.02 Å². The van der Waals surface area contributed by atoms with E-state index in [9.17, 15) is 14.0 Å². The lowest BCUT2D eigenvalue weighted by Gasteiger charge is -2.07. The molecule has 0 atom stereocenters. The molecule has 0 unspecified atom stereocenters. The minimum Gasteiger partial charge on any atom is -0.448 e. The maximum absolute atomic E-state index is 12.9. The Bertz CT molecular complexity index is 830. The molecule has 2 aromatic rings. The molecule has 0 fully saturated rings. The summed E-state index contributed by atoms with van der Waals surface area (Å²) in [6, 6.07) is 11.4. The van der Waals surface area contributed by atoms with Crippen LogP contribution in [0.4, 0.5) is 9.18 Å². The van der Waals surface area contributed by atoms with Gasteiger partial charge < -0.3 is 4.74 Å². The molecule has 2 amide bonds. The molecular weight excluding hydrogens is 427 g/mol. The minimum atomic E-state index is -0.776. The van der Waals surface area contributed by atoms with E-state index in [2.05, 4.69) is 26.8 Å². The van der Waals surface area contributed by atoms with Crippen molar-refractivity contribution in [1.82, 2.24) is 10.9 Å². The van der Waals surface area contributed by atoms with E-state index in [4.69, 9.17) is 16.3 Å². The van der Waals surface area contributed by atoms with Gasteiger partial charge in [0.1, 0.15) is 5.82 Å². The first-order valence-electron chi connectivity index (χ1n) is 7.54. The fourth-order valence-corrected chi connectivity index (χ4v) is 2.62. The highest BCUT2D eigenvalue weighted by atomic mass is 79.9. The largest absolute Gasteiger partial charge is 0.448 e.